The van der Waals surface area contributed by atoms with Crippen molar-refractivity contribution in [3.8, 4) is 0 Å². The fourth-order valence-electron chi connectivity index (χ4n) is 2.59. The molecule has 0 unspecified atom stereocenters. The van der Waals surface area contributed by atoms with Gasteiger partial charge in [-0.3, -0.25) is 4.79 Å². The van der Waals surface area contributed by atoms with Gasteiger partial charge in [0.15, 0.2) is 5.82 Å². The maximum atomic E-state index is 12.4. The summed E-state index contributed by atoms with van der Waals surface area (Å²) < 4.78 is 1.99. The molecular weight excluding hydrogens is 200 g/mol. The van der Waals surface area contributed by atoms with Crippen LogP contribution in [-0.2, 0) is 6.54 Å². The smallest absolute Gasteiger partial charge is 0.204 e. The summed E-state index contributed by atoms with van der Waals surface area (Å²) in [5.74, 6) is 0.898. The van der Waals surface area contributed by atoms with Crippen LogP contribution in [0.4, 0.5) is 0 Å². The number of hydrogen-bond acceptors (Lipinski definition) is 2. The highest BCUT2D eigenvalue weighted by Gasteiger charge is 2.38. The molecule has 0 bridgehead atoms. The minimum atomic E-state index is -0.156. The fourth-order valence-corrected chi connectivity index (χ4v) is 2.59. The molecule has 1 aromatic rings. The summed E-state index contributed by atoms with van der Waals surface area (Å²) in [5, 5.41) is 0. The second-order valence-corrected chi connectivity index (χ2v) is 5.04. The molecule has 0 atom stereocenters. The predicted molar refractivity (Wildman–Crippen MR) is 63.4 cm³/mol. The molecule has 88 valence electrons. The molecule has 0 spiro atoms. The first-order valence-electron chi connectivity index (χ1n) is 6.23. The molecule has 1 heterocycles. The number of imidazole rings is 1. The van der Waals surface area contributed by atoms with E-state index >= 15 is 0 Å². The lowest BCUT2D eigenvalue weighted by atomic mass is 9.83. The maximum absolute atomic E-state index is 12.4. The normalized spacial score (nSPS) is 18.9. The van der Waals surface area contributed by atoms with Crippen molar-refractivity contribution < 1.29 is 4.79 Å². The first-order chi connectivity index (χ1) is 7.67. The Labute approximate surface area is 96.9 Å². The fraction of sp³-hybridized carbons (Fsp3) is 0.692. The van der Waals surface area contributed by atoms with Crippen LogP contribution in [0.25, 0.3) is 0 Å². The standard InChI is InChI=1S/C13H20N2O/c1-3-9-15-10-8-14-12(15)11(16)13(2)6-4-5-7-13/h8,10H,3-7,9H2,1-2H3. The number of aromatic nitrogens is 2. The number of rotatable bonds is 4. The van der Waals surface area contributed by atoms with E-state index in [4.69, 9.17) is 0 Å². The molecule has 1 fully saturated rings. The summed E-state index contributed by atoms with van der Waals surface area (Å²) >= 11 is 0. The molecule has 3 heteroatoms. The highest BCUT2D eigenvalue weighted by Crippen LogP contribution is 2.39. The Morgan fingerprint density at radius 1 is 1.50 bits per heavy atom. The SMILES string of the molecule is CCCn1ccnc1C(=O)C1(C)CCCC1. The van der Waals surface area contributed by atoms with E-state index in [-0.39, 0.29) is 11.2 Å². The van der Waals surface area contributed by atoms with Crippen molar-refractivity contribution in [2.45, 2.75) is 52.5 Å². The van der Waals surface area contributed by atoms with Crippen LogP contribution < -0.4 is 0 Å². The minimum Gasteiger partial charge on any atom is -0.329 e. The van der Waals surface area contributed by atoms with Gasteiger partial charge in [-0.25, -0.2) is 4.98 Å². The molecule has 3 nitrogen and oxygen atoms in total. The lowest BCUT2D eigenvalue weighted by Crippen LogP contribution is -2.27. The number of ketones is 1. The lowest BCUT2D eigenvalue weighted by molar-refractivity contribution is 0.0807. The van der Waals surface area contributed by atoms with E-state index in [9.17, 15) is 4.79 Å². The van der Waals surface area contributed by atoms with Crippen molar-refractivity contribution in [3.05, 3.63) is 18.2 Å². The van der Waals surface area contributed by atoms with Gasteiger partial charge in [-0.1, -0.05) is 26.7 Å². The average molecular weight is 220 g/mol. The number of nitrogens with zero attached hydrogens (tertiary/aromatic N) is 2. The quantitative estimate of drug-likeness (QED) is 0.731. The van der Waals surface area contributed by atoms with Crippen LogP contribution in [0.15, 0.2) is 12.4 Å². The molecular formula is C13H20N2O. The van der Waals surface area contributed by atoms with E-state index < -0.39 is 0 Å². The van der Waals surface area contributed by atoms with Gasteiger partial charge in [0, 0.05) is 24.4 Å². The van der Waals surface area contributed by atoms with Gasteiger partial charge < -0.3 is 4.57 Å². The van der Waals surface area contributed by atoms with Gasteiger partial charge in [0.1, 0.15) is 0 Å². The lowest BCUT2D eigenvalue weighted by Gasteiger charge is -2.21. The predicted octanol–water partition coefficient (Wildman–Crippen LogP) is 3.06. The molecule has 1 aromatic heterocycles. The third kappa shape index (κ3) is 1.91. The largest absolute Gasteiger partial charge is 0.329 e. The average Bonchev–Trinajstić information content (AvgIpc) is 2.88. The number of aryl methyl sites for hydroxylation is 1. The molecule has 1 aliphatic carbocycles. The second kappa shape index (κ2) is 4.40. The third-order valence-electron chi connectivity index (χ3n) is 3.64. The van der Waals surface area contributed by atoms with Crippen molar-refractivity contribution in [2.24, 2.45) is 5.41 Å². The van der Waals surface area contributed by atoms with E-state index in [1.54, 1.807) is 6.20 Å². The van der Waals surface area contributed by atoms with Crippen molar-refractivity contribution in [1.82, 2.24) is 9.55 Å². The molecule has 0 aliphatic heterocycles. The monoisotopic (exact) mass is 220 g/mol. The highest BCUT2D eigenvalue weighted by molar-refractivity contribution is 5.97. The molecule has 0 saturated heterocycles. The molecule has 2 rings (SSSR count). The Bertz CT molecular complexity index is 375. The van der Waals surface area contributed by atoms with Crippen LogP contribution in [0, 0.1) is 5.41 Å². The number of hydrogen-bond donors (Lipinski definition) is 0. The summed E-state index contributed by atoms with van der Waals surface area (Å²) in [4.78, 5) is 16.7. The van der Waals surface area contributed by atoms with Gasteiger partial charge in [0.25, 0.3) is 0 Å². The van der Waals surface area contributed by atoms with Crippen LogP contribution in [0.3, 0.4) is 0 Å². The van der Waals surface area contributed by atoms with E-state index in [0.717, 1.165) is 25.8 Å². The molecule has 0 aromatic carbocycles. The zero-order valence-electron chi connectivity index (χ0n) is 10.2. The number of Topliss-reactive ketones (excluding diaryl/α,β-unsaturated/α-hetero) is 1. The summed E-state index contributed by atoms with van der Waals surface area (Å²) in [6.07, 6.45) is 9.08. The first-order valence-corrected chi connectivity index (χ1v) is 6.23. The zero-order valence-corrected chi connectivity index (χ0v) is 10.2. The Kier molecular flexibility index (Phi) is 3.13. The Morgan fingerprint density at radius 2 is 2.19 bits per heavy atom. The van der Waals surface area contributed by atoms with Gasteiger partial charge in [0.2, 0.25) is 5.78 Å². The van der Waals surface area contributed by atoms with Crippen molar-refractivity contribution in [3.63, 3.8) is 0 Å². The minimum absolute atomic E-state index is 0.156. The summed E-state index contributed by atoms with van der Waals surface area (Å²) in [7, 11) is 0. The van der Waals surface area contributed by atoms with Crippen LogP contribution in [0.5, 0.6) is 0 Å². The topological polar surface area (TPSA) is 34.9 Å². The number of carbonyl (C=O) groups is 1. The van der Waals surface area contributed by atoms with Crippen LogP contribution >= 0.6 is 0 Å². The van der Waals surface area contributed by atoms with Gasteiger partial charge in [-0.15, -0.1) is 0 Å². The Balaban J connectivity index is 2.23. The molecule has 16 heavy (non-hydrogen) atoms. The molecule has 0 amide bonds. The molecule has 0 N–H and O–H groups in total. The van der Waals surface area contributed by atoms with Gasteiger partial charge in [-0.2, -0.15) is 0 Å². The van der Waals surface area contributed by atoms with E-state index in [1.165, 1.54) is 12.8 Å². The first kappa shape index (κ1) is 11.4. The van der Waals surface area contributed by atoms with Crippen LogP contribution in [0.2, 0.25) is 0 Å². The van der Waals surface area contributed by atoms with Crippen LogP contribution in [-0.4, -0.2) is 15.3 Å². The third-order valence-corrected chi connectivity index (χ3v) is 3.64. The van der Waals surface area contributed by atoms with E-state index in [0.29, 0.717) is 5.82 Å². The van der Waals surface area contributed by atoms with Crippen molar-refractivity contribution >= 4 is 5.78 Å². The van der Waals surface area contributed by atoms with Gasteiger partial charge in [0.05, 0.1) is 0 Å². The zero-order chi connectivity index (χ0) is 11.6. The van der Waals surface area contributed by atoms with Gasteiger partial charge in [-0.05, 0) is 19.3 Å². The summed E-state index contributed by atoms with van der Waals surface area (Å²) in [6, 6.07) is 0. The van der Waals surface area contributed by atoms with E-state index in [2.05, 4.69) is 18.8 Å². The second-order valence-electron chi connectivity index (χ2n) is 5.04. The van der Waals surface area contributed by atoms with Crippen LogP contribution in [0.1, 0.15) is 56.6 Å². The molecule has 0 radical (unpaired) electrons. The van der Waals surface area contributed by atoms with Crippen molar-refractivity contribution in [2.75, 3.05) is 0 Å². The molecule has 1 saturated carbocycles. The maximum Gasteiger partial charge on any atom is 0.204 e. The Hall–Kier alpha value is -1.12. The van der Waals surface area contributed by atoms with Gasteiger partial charge >= 0.3 is 0 Å². The summed E-state index contributed by atoms with van der Waals surface area (Å²) in [5.41, 5.74) is -0.156. The summed E-state index contributed by atoms with van der Waals surface area (Å²) in [6.45, 7) is 5.09. The van der Waals surface area contributed by atoms with Crippen molar-refractivity contribution in [1.29, 1.82) is 0 Å². The molecule has 1 aliphatic rings. The number of carbonyl (C=O) groups excluding carboxylic acids is 1. The Morgan fingerprint density at radius 3 is 2.81 bits per heavy atom. The highest BCUT2D eigenvalue weighted by atomic mass is 16.1. The van der Waals surface area contributed by atoms with E-state index in [1.807, 2.05) is 10.8 Å².